The van der Waals surface area contributed by atoms with Crippen LogP contribution in [0.1, 0.15) is 12.5 Å². The monoisotopic (exact) mass is 324 g/mol. The molecule has 0 unspecified atom stereocenters. The van der Waals surface area contributed by atoms with Crippen molar-refractivity contribution in [3.63, 3.8) is 0 Å². The van der Waals surface area contributed by atoms with E-state index in [4.69, 9.17) is 4.74 Å². The van der Waals surface area contributed by atoms with Gasteiger partial charge in [-0.1, -0.05) is 0 Å². The summed E-state index contributed by atoms with van der Waals surface area (Å²) in [6.07, 6.45) is 1.70. The van der Waals surface area contributed by atoms with Crippen LogP contribution in [0.15, 0.2) is 34.9 Å². The highest BCUT2D eigenvalue weighted by Gasteiger charge is 2.07. The van der Waals surface area contributed by atoms with Crippen LogP contribution in [0.3, 0.4) is 0 Å². The molecule has 1 heterocycles. The van der Waals surface area contributed by atoms with Gasteiger partial charge in [-0.3, -0.25) is 0 Å². The summed E-state index contributed by atoms with van der Waals surface area (Å²) in [6, 6.07) is 6.64. The third kappa shape index (κ3) is 3.23. The number of nitrogens with zero attached hydrogens (tertiary/aromatic N) is 1. The quantitative estimate of drug-likeness (QED) is 0.903. The van der Waals surface area contributed by atoms with Gasteiger partial charge in [0.1, 0.15) is 5.82 Å². The number of hydrogen-bond acceptors (Lipinski definition) is 3. The van der Waals surface area contributed by atoms with E-state index in [1.54, 1.807) is 18.3 Å². The van der Waals surface area contributed by atoms with E-state index in [9.17, 15) is 4.39 Å². The van der Waals surface area contributed by atoms with Gasteiger partial charge in [-0.15, -0.1) is 0 Å². The second-order valence-corrected chi connectivity index (χ2v) is 4.79. The van der Waals surface area contributed by atoms with Crippen molar-refractivity contribution in [1.82, 2.24) is 4.98 Å². The largest absolute Gasteiger partial charge is 0.491 e. The lowest BCUT2D eigenvalue weighted by Gasteiger charge is -2.10. The molecule has 0 fully saturated rings. The Morgan fingerprint density at radius 2 is 2.16 bits per heavy atom. The first kappa shape index (κ1) is 13.8. The van der Waals surface area contributed by atoms with E-state index >= 15 is 0 Å². The molecule has 2 rings (SSSR count). The summed E-state index contributed by atoms with van der Waals surface area (Å²) < 4.78 is 19.7. The van der Waals surface area contributed by atoms with Gasteiger partial charge in [0.2, 0.25) is 0 Å². The van der Waals surface area contributed by atoms with Crippen LogP contribution in [0.2, 0.25) is 0 Å². The Kier molecular flexibility index (Phi) is 4.37. The first-order chi connectivity index (χ1) is 9.11. The van der Waals surface area contributed by atoms with Crippen molar-refractivity contribution in [2.75, 3.05) is 11.9 Å². The SMILES string of the molecule is CCOc1ccc(Nc2nccc(C)c2Br)cc1F. The number of aromatic nitrogens is 1. The normalized spacial score (nSPS) is 10.3. The summed E-state index contributed by atoms with van der Waals surface area (Å²) in [6.45, 7) is 4.23. The van der Waals surface area contributed by atoms with Crippen LogP contribution >= 0.6 is 15.9 Å². The molecule has 0 saturated heterocycles. The molecule has 0 atom stereocenters. The number of benzene rings is 1. The predicted molar refractivity (Wildman–Crippen MR) is 77.5 cm³/mol. The van der Waals surface area contributed by atoms with Crippen molar-refractivity contribution in [2.45, 2.75) is 13.8 Å². The van der Waals surface area contributed by atoms with Gasteiger partial charge >= 0.3 is 0 Å². The lowest BCUT2D eigenvalue weighted by Crippen LogP contribution is -1.98. The zero-order valence-corrected chi connectivity index (χ0v) is 12.3. The minimum atomic E-state index is -0.393. The number of pyridine rings is 1. The zero-order chi connectivity index (χ0) is 13.8. The first-order valence-electron chi connectivity index (χ1n) is 5.92. The Bertz CT molecular complexity index is 590. The molecular weight excluding hydrogens is 311 g/mol. The van der Waals surface area contributed by atoms with Crippen LogP contribution in [0.5, 0.6) is 5.75 Å². The van der Waals surface area contributed by atoms with E-state index in [0.717, 1.165) is 10.0 Å². The number of rotatable bonds is 4. The van der Waals surface area contributed by atoms with Crippen molar-refractivity contribution in [1.29, 1.82) is 0 Å². The fraction of sp³-hybridized carbons (Fsp3) is 0.214. The molecule has 0 spiro atoms. The van der Waals surface area contributed by atoms with Crippen LogP contribution in [-0.2, 0) is 0 Å². The molecule has 0 aliphatic carbocycles. The van der Waals surface area contributed by atoms with Crippen molar-refractivity contribution in [3.8, 4) is 5.75 Å². The summed E-state index contributed by atoms with van der Waals surface area (Å²) in [7, 11) is 0. The third-order valence-electron chi connectivity index (χ3n) is 2.58. The van der Waals surface area contributed by atoms with Gasteiger partial charge < -0.3 is 10.1 Å². The number of aryl methyl sites for hydroxylation is 1. The third-order valence-corrected chi connectivity index (χ3v) is 3.58. The Labute approximate surface area is 119 Å². The van der Waals surface area contributed by atoms with E-state index in [1.165, 1.54) is 6.07 Å². The Hall–Kier alpha value is -1.62. The molecule has 0 aliphatic heterocycles. The number of halogens is 2. The van der Waals surface area contributed by atoms with E-state index in [2.05, 4.69) is 26.2 Å². The molecule has 1 aromatic carbocycles. The molecule has 2 aromatic rings. The first-order valence-corrected chi connectivity index (χ1v) is 6.71. The fourth-order valence-corrected chi connectivity index (χ4v) is 1.95. The molecule has 19 heavy (non-hydrogen) atoms. The average molecular weight is 325 g/mol. The zero-order valence-electron chi connectivity index (χ0n) is 10.7. The van der Waals surface area contributed by atoms with Gasteiger partial charge in [-0.25, -0.2) is 9.37 Å². The van der Waals surface area contributed by atoms with Crippen molar-refractivity contribution >= 4 is 27.4 Å². The molecular formula is C14H14BrFN2O. The van der Waals surface area contributed by atoms with Gasteiger partial charge in [0, 0.05) is 18.0 Å². The Morgan fingerprint density at radius 1 is 1.37 bits per heavy atom. The summed E-state index contributed by atoms with van der Waals surface area (Å²) in [4.78, 5) is 4.21. The van der Waals surface area contributed by atoms with Gasteiger partial charge in [0.15, 0.2) is 11.6 Å². The molecule has 0 aliphatic rings. The number of nitrogens with one attached hydrogen (secondary N) is 1. The minimum absolute atomic E-state index is 0.254. The topological polar surface area (TPSA) is 34.1 Å². The Balaban J connectivity index is 2.24. The summed E-state index contributed by atoms with van der Waals surface area (Å²) >= 11 is 3.45. The molecule has 0 amide bonds. The summed E-state index contributed by atoms with van der Waals surface area (Å²) in [5.74, 6) is 0.517. The van der Waals surface area contributed by atoms with Crippen LogP contribution < -0.4 is 10.1 Å². The van der Waals surface area contributed by atoms with Gasteiger partial charge in [0.25, 0.3) is 0 Å². The molecule has 5 heteroatoms. The van der Waals surface area contributed by atoms with E-state index in [1.807, 2.05) is 19.9 Å². The molecule has 0 saturated carbocycles. The second-order valence-electron chi connectivity index (χ2n) is 3.99. The standard InChI is InChI=1S/C14H14BrFN2O/c1-3-19-12-5-4-10(8-11(12)16)18-14-13(15)9(2)6-7-17-14/h4-8H,3H2,1-2H3,(H,17,18). The van der Waals surface area contributed by atoms with Crippen LogP contribution in [0, 0.1) is 12.7 Å². The lowest BCUT2D eigenvalue weighted by molar-refractivity contribution is 0.321. The Morgan fingerprint density at radius 3 is 2.84 bits per heavy atom. The molecule has 0 bridgehead atoms. The summed E-state index contributed by atoms with van der Waals surface area (Å²) in [5.41, 5.74) is 1.68. The second kappa shape index (κ2) is 6.02. The molecule has 0 radical (unpaired) electrons. The maximum atomic E-state index is 13.7. The van der Waals surface area contributed by atoms with Crippen LogP contribution in [0.25, 0.3) is 0 Å². The smallest absolute Gasteiger partial charge is 0.167 e. The highest BCUT2D eigenvalue weighted by Crippen LogP contribution is 2.28. The van der Waals surface area contributed by atoms with E-state index in [0.29, 0.717) is 18.1 Å². The maximum Gasteiger partial charge on any atom is 0.167 e. The minimum Gasteiger partial charge on any atom is -0.491 e. The van der Waals surface area contributed by atoms with Gasteiger partial charge in [-0.05, 0) is 53.5 Å². The number of anilines is 2. The predicted octanol–water partition coefficient (Wildman–Crippen LogP) is 4.43. The molecule has 100 valence electrons. The summed E-state index contributed by atoms with van der Waals surface area (Å²) in [5, 5.41) is 3.07. The number of ether oxygens (including phenoxy) is 1. The van der Waals surface area contributed by atoms with Crippen molar-refractivity contribution in [3.05, 3.63) is 46.3 Å². The number of hydrogen-bond donors (Lipinski definition) is 1. The molecule has 1 N–H and O–H groups in total. The van der Waals surface area contributed by atoms with Crippen molar-refractivity contribution < 1.29 is 9.13 Å². The average Bonchev–Trinajstić information content (AvgIpc) is 2.38. The van der Waals surface area contributed by atoms with E-state index < -0.39 is 5.82 Å². The van der Waals surface area contributed by atoms with E-state index in [-0.39, 0.29) is 5.75 Å². The van der Waals surface area contributed by atoms with Crippen molar-refractivity contribution in [2.24, 2.45) is 0 Å². The lowest BCUT2D eigenvalue weighted by atomic mass is 10.2. The fourth-order valence-electron chi connectivity index (χ4n) is 1.62. The molecule has 1 aromatic heterocycles. The maximum absolute atomic E-state index is 13.7. The van der Waals surface area contributed by atoms with Crippen LogP contribution in [-0.4, -0.2) is 11.6 Å². The van der Waals surface area contributed by atoms with Gasteiger partial charge in [-0.2, -0.15) is 0 Å². The molecule has 3 nitrogen and oxygen atoms in total. The highest BCUT2D eigenvalue weighted by atomic mass is 79.9. The highest BCUT2D eigenvalue weighted by molar-refractivity contribution is 9.10. The van der Waals surface area contributed by atoms with Crippen LogP contribution in [0.4, 0.5) is 15.9 Å². The van der Waals surface area contributed by atoms with Gasteiger partial charge in [0.05, 0.1) is 11.1 Å².